The molecule has 2 heterocycles. The largest absolute Gasteiger partial charge is 0.502 e. The number of rotatable bonds is 7. The summed E-state index contributed by atoms with van der Waals surface area (Å²) in [6.07, 6.45) is 4.06. The first kappa shape index (κ1) is 19.6. The Morgan fingerprint density at radius 1 is 1.39 bits per heavy atom. The van der Waals surface area contributed by atoms with Crippen molar-refractivity contribution in [3.05, 3.63) is 64.2 Å². The Morgan fingerprint density at radius 3 is 3.04 bits per heavy atom. The smallest absolute Gasteiger partial charge is 0.250 e. The van der Waals surface area contributed by atoms with Crippen molar-refractivity contribution < 1.29 is 19.1 Å². The van der Waals surface area contributed by atoms with Gasteiger partial charge in [-0.05, 0) is 23.8 Å². The van der Waals surface area contributed by atoms with Gasteiger partial charge in [0.15, 0.2) is 10.1 Å². The Bertz CT molecular complexity index is 1060. The fraction of sp³-hybridized carbons (Fsp3) is 0.111. The quantitative estimate of drug-likeness (QED) is 0.342. The van der Waals surface area contributed by atoms with E-state index in [1.54, 1.807) is 13.2 Å². The summed E-state index contributed by atoms with van der Waals surface area (Å²) in [5.41, 5.74) is 0.327. The molecule has 2 aromatic heterocycles. The molecule has 0 atom stereocenters. The van der Waals surface area contributed by atoms with Gasteiger partial charge in [0.25, 0.3) is 0 Å². The van der Waals surface area contributed by atoms with Crippen LogP contribution < -0.4 is 15.5 Å². The number of ether oxygens (including phenoxy) is 1. The van der Waals surface area contributed by atoms with Crippen LogP contribution in [0.15, 0.2) is 56.2 Å². The molecular formula is C18H15N3O5S2. The van der Waals surface area contributed by atoms with Crippen LogP contribution in [-0.2, 0) is 10.5 Å². The SMILES string of the molecule is COc1cccc(/C=C/C(=O)Nc2nnc(SCc3cc(=O)c(O)co3)s2)c1. The van der Waals surface area contributed by atoms with Gasteiger partial charge in [0.1, 0.15) is 17.8 Å². The second-order valence-electron chi connectivity index (χ2n) is 5.36. The lowest BCUT2D eigenvalue weighted by Gasteiger charge is -2.00. The maximum Gasteiger partial charge on any atom is 0.250 e. The Labute approximate surface area is 167 Å². The zero-order valence-electron chi connectivity index (χ0n) is 14.6. The predicted octanol–water partition coefficient (Wildman–Crippen LogP) is 3.15. The van der Waals surface area contributed by atoms with Crippen molar-refractivity contribution in [3.63, 3.8) is 0 Å². The molecular weight excluding hydrogens is 402 g/mol. The first-order valence-electron chi connectivity index (χ1n) is 7.93. The summed E-state index contributed by atoms with van der Waals surface area (Å²) in [7, 11) is 1.58. The van der Waals surface area contributed by atoms with Crippen molar-refractivity contribution in [3.8, 4) is 11.5 Å². The molecule has 0 bridgehead atoms. The summed E-state index contributed by atoms with van der Waals surface area (Å²) in [4.78, 5) is 23.4. The van der Waals surface area contributed by atoms with Gasteiger partial charge in [0, 0.05) is 12.1 Å². The number of carbonyl (C=O) groups excluding carboxylic acids is 1. The summed E-state index contributed by atoms with van der Waals surface area (Å²) in [5.74, 6) is 0.678. The number of hydrogen-bond donors (Lipinski definition) is 2. The van der Waals surface area contributed by atoms with E-state index in [1.807, 2.05) is 24.3 Å². The zero-order chi connectivity index (χ0) is 19.9. The average Bonchev–Trinajstić information content (AvgIpc) is 3.14. The lowest BCUT2D eigenvalue weighted by molar-refractivity contribution is -0.111. The minimum Gasteiger partial charge on any atom is -0.502 e. The highest BCUT2D eigenvalue weighted by atomic mass is 32.2. The molecule has 144 valence electrons. The van der Waals surface area contributed by atoms with Crippen LogP contribution in [0.5, 0.6) is 11.5 Å². The number of aromatic nitrogens is 2. The Hall–Kier alpha value is -3.11. The summed E-state index contributed by atoms with van der Waals surface area (Å²) in [6.45, 7) is 0. The van der Waals surface area contributed by atoms with E-state index in [2.05, 4.69) is 15.5 Å². The van der Waals surface area contributed by atoms with Crippen LogP contribution in [0.2, 0.25) is 0 Å². The number of nitrogens with one attached hydrogen (secondary N) is 1. The minimum atomic E-state index is -0.505. The number of carbonyl (C=O) groups is 1. The molecule has 0 saturated heterocycles. The van der Waals surface area contributed by atoms with E-state index in [0.717, 1.165) is 11.8 Å². The molecule has 0 aliphatic heterocycles. The molecule has 10 heteroatoms. The van der Waals surface area contributed by atoms with Crippen molar-refractivity contribution in [2.24, 2.45) is 0 Å². The second-order valence-corrected chi connectivity index (χ2v) is 7.56. The van der Waals surface area contributed by atoms with E-state index in [-0.39, 0.29) is 5.91 Å². The molecule has 28 heavy (non-hydrogen) atoms. The Morgan fingerprint density at radius 2 is 2.25 bits per heavy atom. The maximum atomic E-state index is 12.0. The molecule has 0 fully saturated rings. The van der Waals surface area contributed by atoms with Gasteiger partial charge in [-0.15, -0.1) is 10.2 Å². The summed E-state index contributed by atoms with van der Waals surface area (Å²) < 4.78 is 10.9. The number of amides is 1. The Kier molecular flexibility index (Phi) is 6.45. The van der Waals surface area contributed by atoms with Crippen LogP contribution in [-0.4, -0.2) is 28.3 Å². The van der Waals surface area contributed by atoms with E-state index in [0.29, 0.717) is 26.7 Å². The van der Waals surface area contributed by atoms with Gasteiger partial charge in [-0.25, -0.2) is 0 Å². The molecule has 0 aliphatic carbocycles. The van der Waals surface area contributed by atoms with Crippen molar-refractivity contribution in [2.75, 3.05) is 12.4 Å². The number of anilines is 1. The van der Waals surface area contributed by atoms with Crippen molar-refractivity contribution in [1.82, 2.24) is 10.2 Å². The highest BCUT2D eigenvalue weighted by molar-refractivity contribution is 8.00. The van der Waals surface area contributed by atoms with Crippen LogP contribution in [0.1, 0.15) is 11.3 Å². The van der Waals surface area contributed by atoms with E-state index < -0.39 is 11.2 Å². The summed E-state index contributed by atoms with van der Waals surface area (Å²) in [5, 5.41) is 20.1. The van der Waals surface area contributed by atoms with E-state index in [9.17, 15) is 14.7 Å². The number of benzene rings is 1. The average molecular weight is 417 g/mol. The maximum absolute atomic E-state index is 12.0. The highest BCUT2D eigenvalue weighted by Crippen LogP contribution is 2.28. The number of methoxy groups -OCH3 is 1. The second kappa shape index (κ2) is 9.20. The molecule has 3 rings (SSSR count). The monoisotopic (exact) mass is 417 g/mol. The van der Waals surface area contributed by atoms with Crippen molar-refractivity contribution in [1.29, 1.82) is 0 Å². The highest BCUT2D eigenvalue weighted by Gasteiger charge is 2.09. The number of thioether (sulfide) groups is 1. The third-order valence-corrected chi connectivity index (χ3v) is 5.36. The predicted molar refractivity (Wildman–Crippen MR) is 107 cm³/mol. The molecule has 1 amide bonds. The standard InChI is InChI=1S/C18H15N3O5S2/c1-25-12-4-2-3-11(7-12)5-6-16(24)19-17-20-21-18(28-17)27-10-13-8-14(22)15(23)9-26-13/h2-9,23H,10H2,1H3,(H,19,20,24)/b6-5+. The minimum absolute atomic E-state index is 0.333. The van der Waals surface area contributed by atoms with Crippen LogP contribution in [0.3, 0.4) is 0 Å². The molecule has 8 nitrogen and oxygen atoms in total. The molecule has 0 spiro atoms. The lowest BCUT2D eigenvalue weighted by Crippen LogP contribution is -2.07. The molecule has 1 aromatic carbocycles. The van der Waals surface area contributed by atoms with Gasteiger partial charge >= 0.3 is 0 Å². The van der Waals surface area contributed by atoms with Gasteiger partial charge in [0.05, 0.1) is 12.9 Å². The summed E-state index contributed by atoms with van der Waals surface area (Å²) >= 11 is 2.50. The van der Waals surface area contributed by atoms with Gasteiger partial charge in [0.2, 0.25) is 16.5 Å². The van der Waals surface area contributed by atoms with Crippen molar-refractivity contribution in [2.45, 2.75) is 10.1 Å². The van der Waals surface area contributed by atoms with E-state index in [4.69, 9.17) is 9.15 Å². The molecule has 0 radical (unpaired) electrons. The first-order chi connectivity index (χ1) is 13.5. The first-order valence-corrected chi connectivity index (χ1v) is 9.74. The number of nitrogens with zero attached hydrogens (tertiary/aromatic N) is 2. The van der Waals surface area contributed by atoms with Crippen LogP contribution in [0, 0.1) is 0 Å². The summed E-state index contributed by atoms with van der Waals surface area (Å²) in [6, 6.07) is 8.54. The molecule has 0 saturated carbocycles. The fourth-order valence-corrected chi connectivity index (χ4v) is 3.68. The van der Waals surface area contributed by atoms with Crippen molar-refractivity contribution >= 4 is 40.2 Å². The van der Waals surface area contributed by atoms with Crippen LogP contribution in [0.4, 0.5) is 5.13 Å². The van der Waals surface area contributed by atoms with Gasteiger partial charge in [-0.3, -0.25) is 14.9 Å². The lowest BCUT2D eigenvalue weighted by atomic mass is 10.2. The molecule has 2 N–H and O–H groups in total. The van der Waals surface area contributed by atoms with Gasteiger partial charge in [-0.1, -0.05) is 35.2 Å². The Balaban J connectivity index is 1.54. The van der Waals surface area contributed by atoms with Gasteiger partial charge in [-0.2, -0.15) is 0 Å². The molecule has 0 aliphatic rings. The molecule has 0 unspecified atom stereocenters. The number of hydrogen-bond acceptors (Lipinski definition) is 9. The third-order valence-electron chi connectivity index (χ3n) is 3.36. The van der Waals surface area contributed by atoms with Crippen LogP contribution in [0.25, 0.3) is 6.08 Å². The zero-order valence-corrected chi connectivity index (χ0v) is 16.3. The third kappa shape index (κ3) is 5.44. The van der Waals surface area contributed by atoms with E-state index >= 15 is 0 Å². The fourth-order valence-electron chi connectivity index (χ4n) is 2.04. The van der Waals surface area contributed by atoms with E-state index in [1.165, 1.54) is 35.2 Å². The molecule has 3 aromatic rings. The van der Waals surface area contributed by atoms with Gasteiger partial charge < -0.3 is 14.3 Å². The normalized spacial score (nSPS) is 10.9. The van der Waals surface area contributed by atoms with Crippen LogP contribution >= 0.6 is 23.1 Å². The topological polar surface area (TPSA) is 115 Å². The number of aromatic hydroxyl groups is 1.